The summed E-state index contributed by atoms with van der Waals surface area (Å²) in [6, 6.07) is 3.58. The maximum Gasteiger partial charge on any atom is 0.271 e. The van der Waals surface area contributed by atoms with Crippen LogP contribution in [0.15, 0.2) is 23.7 Å². The molecule has 7 heteroatoms. The van der Waals surface area contributed by atoms with Gasteiger partial charge in [0.1, 0.15) is 17.5 Å². The smallest absolute Gasteiger partial charge is 0.271 e. The van der Waals surface area contributed by atoms with Crippen molar-refractivity contribution in [1.29, 1.82) is 0 Å². The molecule has 1 saturated heterocycles. The normalized spacial score (nSPS) is 21.0. The second-order valence-corrected chi connectivity index (χ2v) is 6.55. The van der Waals surface area contributed by atoms with Crippen LogP contribution in [-0.4, -0.2) is 41.2 Å². The lowest BCUT2D eigenvalue weighted by molar-refractivity contribution is -0.00306. The molecule has 0 unspecified atom stereocenters. The Hall–Kier alpha value is -1.99. The lowest BCUT2D eigenvalue weighted by atomic mass is 10.1. The Balaban J connectivity index is 1.66. The van der Waals surface area contributed by atoms with Crippen molar-refractivity contribution in [2.45, 2.75) is 32.4 Å². The summed E-state index contributed by atoms with van der Waals surface area (Å²) in [5, 5.41) is 5.59. The van der Waals surface area contributed by atoms with Crippen LogP contribution in [0.25, 0.3) is 0 Å². The van der Waals surface area contributed by atoms with Gasteiger partial charge in [-0.2, -0.15) is 0 Å². The first-order valence-electron chi connectivity index (χ1n) is 7.52. The zero-order valence-electron chi connectivity index (χ0n) is 13.1. The van der Waals surface area contributed by atoms with Crippen LogP contribution in [0.3, 0.4) is 0 Å². The standard InChI is InChI=1S/C16H19N3O3S/c1-10-3-4-12(7-17-10)22-15-5-6-21-8-13(15)19-16(20)14-9-23-11(2)18-14/h3-4,7,9,13,15H,5-6,8H2,1-2H3,(H,19,20)/t13-,15+/m1/s1. The van der Waals surface area contributed by atoms with E-state index in [1.165, 1.54) is 11.3 Å². The van der Waals surface area contributed by atoms with Gasteiger partial charge in [-0.05, 0) is 26.0 Å². The molecule has 0 spiro atoms. The highest BCUT2D eigenvalue weighted by molar-refractivity contribution is 7.09. The highest BCUT2D eigenvalue weighted by Crippen LogP contribution is 2.18. The maximum absolute atomic E-state index is 12.3. The lowest BCUT2D eigenvalue weighted by Crippen LogP contribution is -2.51. The molecule has 1 N–H and O–H groups in total. The fourth-order valence-corrected chi connectivity index (χ4v) is 3.00. The Kier molecular flexibility index (Phi) is 4.88. The number of nitrogens with one attached hydrogen (secondary N) is 1. The molecule has 2 aromatic rings. The van der Waals surface area contributed by atoms with E-state index in [-0.39, 0.29) is 18.1 Å². The fourth-order valence-electron chi connectivity index (χ4n) is 2.40. The van der Waals surface area contributed by atoms with Crippen molar-refractivity contribution in [3.05, 3.63) is 40.1 Å². The first kappa shape index (κ1) is 15.9. The molecule has 1 amide bonds. The number of thiazole rings is 1. The van der Waals surface area contributed by atoms with Gasteiger partial charge in [-0.15, -0.1) is 11.3 Å². The molecule has 23 heavy (non-hydrogen) atoms. The summed E-state index contributed by atoms with van der Waals surface area (Å²) in [6.07, 6.45) is 2.28. The van der Waals surface area contributed by atoms with Crippen LogP contribution in [0.5, 0.6) is 5.75 Å². The first-order valence-corrected chi connectivity index (χ1v) is 8.40. The number of aryl methyl sites for hydroxylation is 2. The van der Waals surface area contributed by atoms with E-state index < -0.39 is 0 Å². The minimum Gasteiger partial charge on any atom is -0.486 e. The van der Waals surface area contributed by atoms with Crippen LogP contribution < -0.4 is 10.1 Å². The van der Waals surface area contributed by atoms with E-state index in [9.17, 15) is 4.79 Å². The number of aromatic nitrogens is 2. The number of pyridine rings is 1. The molecule has 0 radical (unpaired) electrons. The second-order valence-electron chi connectivity index (χ2n) is 5.49. The van der Waals surface area contributed by atoms with Crippen LogP contribution in [0.1, 0.15) is 27.6 Å². The second kappa shape index (κ2) is 7.06. The zero-order valence-corrected chi connectivity index (χ0v) is 13.9. The van der Waals surface area contributed by atoms with Crippen molar-refractivity contribution in [3.8, 4) is 5.75 Å². The average molecular weight is 333 g/mol. The third-order valence-corrected chi connectivity index (χ3v) is 4.41. The van der Waals surface area contributed by atoms with Crippen LogP contribution in [-0.2, 0) is 4.74 Å². The SMILES string of the molecule is Cc1ccc(O[C@H]2CCOC[C@H]2NC(=O)c2csc(C)n2)cn1. The minimum absolute atomic E-state index is 0.142. The predicted octanol–water partition coefficient (Wildman–Crippen LogP) is 2.12. The molecule has 3 rings (SSSR count). The van der Waals surface area contributed by atoms with Crippen molar-refractivity contribution >= 4 is 17.2 Å². The third kappa shape index (κ3) is 4.05. The largest absolute Gasteiger partial charge is 0.486 e. The van der Waals surface area contributed by atoms with E-state index in [1.807, 2.05) is 26.0 Å². The van der Waals surface area contributed by atoms with E-state index in [2.05, 4.69) is 15.3 Å². The Morgan fingerprint density at radius 3 is 3.00 bits per heavy atom. The number of carbonyl (C=O) groups excluding carboxylic acids is 1. The van der Waals surface area contributed by atoms with Crippen LogP contribution in [0.2, 0.25) is 0 Å². The summed E-state index contributed by atoms with van der Waals surface area (Å²) < 4.78 is 11.5. The van der Waals surface area contributed by atoms with Gasteiger partial charge in [-0.25, -0.2) is 4.98 Å². The van der Waals surface area contributed by atoms with E-state index in [0.717, 1.165) is 17.1 Å². The summed E-state index contributed by atoms with van der Waals surface area (Å²) in [5.74, 6) is 0.506. The minimum atomic E-state index is -0.209. The van der Waals surface area contributed by atoms with Gasteiger partial charge in [-0.1, -0.05) is 0 Å². The molecule has 1 aliphatic heterocycles. The molecule has 2 aromatic heterocycles. The van der Waals surface area contributed by atoms with Crippen molar-refractivity contribution in [1.82, 2.24) is 15.3 Å². The summed E-state index contributed by atoms with van der Waals surface area (Å²) in [7, 11) is 0. The number of amides is 1. The van der Waals surface area contributed by atoms with Gasteiger partial charge < -0.3 is 14.8 Å². The van der Waals surface area contributed by atoms with Gasteiger partial charge in [0.2, 0.25) is 0 Å². The average Bonchev–Trinajstić information content (AvgIpc) is 2.98. The quantitative estimate of drug-likeness (QED) is 0.928. The number of rotatable bonds is 4. The van der Waals surface area contributed by atoms with Gasteiger partial charge in [0, 0.05) is 17.5 Å². The van der Waals surface area contributed by atoms with Crippen LogP contribution in [0, 0.1) is 13.8 Å². The van der Waals surface area contributed by atoms with Gasteiger partial charge in [0.05, 0.1) is 30.5 Å². The van der Waals surface area contributed by atoms with E-state index in [4.69, 9.17) is 9.47 Å². The van der Waals surface area contributed by atoms with E-state index in [0.29, 0.717) is 24.7 Å². The zero-order chi connectivity index (χ0) is 16.2. The molecular weight excluding hydrogens is 314 g/mol. The topological polar surface area (TPSA) is 73.3 Å². The number of nitrogens with zero attached hydrogens (tertiary/aromatic N) is 2. The Morgan fingerprint density at radius 1 is 1.43 bits per heavy atom. The first-order chi connectivity index (χ1) is 11.1. The highest BCUT2D eigenvalue weighted by atomic mass is 32.1. The van der Waals surface area contributed by atoms with Crippen molar-refractivity contribution in [2.24, 2.45) is 0 Å². The molecule has 0 saturated carbocycles. The highest BCUT2D eigenvalue weighted by Gasteiger charge is 2.29. The number of hydrogen-bond donors (Lipinski definition) is 1. The van der Waals surface area contributed by atoms with Gasteiger partial charge in [0.25, 0.3) is 5.91 Å². The maximum atomic E-state index is 12.3. The Labute approximate surface area is 138 Å². The van der Waals surface area contributed by atoms with Crippen LogP contribution in [0.4, 0.5) is 0 Å². The molecule has 0 aromatic carbocycles. The van der Waals surface area contributed by atoms with Gasteiger partial charge in [-0.3, -0.25) is 9.78 Å². The fraction of sp³-hybridized carbons (Fsp3) is 0.438. The summed E-state index contributed by atoms with van der Waals surface area (Å²) in [4.78, 5) is 20.7. The summed E-state index contributed by atoms with van der Waals surface area (Å²) in [5.41, 5.74) is 1.38. The Morgan fingerprint density at radius 2 is 2.30 bits per heavy atom. The molecular formula is C16H19N3O3S. The molecule has 1 fully saturated rings. The molecule has 6 nitrogen and oxygen atoms in total. The van der Waals surface area contributed by atoms with Crippen LogP contribution >= 0.6 is 11.3 Å². The summed E-state index contributed by atoms with van der Waals surface area (Å²) >= 11 is 1.46. The predicted molar refractivity (Wildman–Crippen MR) is 86.9 cm³/mol. The molecule has 0 bridgehead atoms. The van der Waals surface area contributed by atoms with E-state index >= 15 is 0 Å². The molecule has 122 valence electrons. The number of carbonyl (C=O) groups is 1. The van der Waals surface area contributed by atoms with Crippen molar-refractivity contribution in [2.75, 3.05) is 13.2 Å². The monoisotopic (exact) mass is 333 g/mol. The lowest BCUT2D eigenvalue weighted by Gasteiger charge is -2.32. The van der Waals surface area contributed by atoms with Gasteiger partial charge in [0.15, 0.2) is 0 Å². The van der Waals surface area contributed by atoms with Crippen molar-refractivity contribution < 1.29 is 14.3 Å². The molecule has 3 heterocycles. The van der Waals surface area contributed by atoms with Crippen molar-refractivity contribution in [3.63, 3.8) is 0 Å². The number of ether oxygens (including phenoxy) is 2. The summed E-state index contributed by atoms with van der Waals surface area (Å²) in [6.45, 7) is 4.85. The molecule has 1 aliphatic rings. The molecule has 0 aliphatic carbocycles. The molecule has 2 atom stereocenters. The van der Waals surface area contributed by atoms with Gasteiger partial charge >= 0.3 is 0 Å². The van der Waals surface area contributed by atoms with E-state index in [1.54, 1.807) is 11.6 Å². The Bertz CT molecular complexity index is 671. The number of hydrogen-bond acceptors (Lipinski definition) is 6. The third-order valence-electron chi connectivity index (χ3n) is 3.63.